The summed E-state index contributed by atoms with van der Waals surface area (Å²) in [6.07, 6.45) is 2.51. The Balaban J connectivity index is 1.48. The molecule has 2 amide bonds. The molecular formula is C29H31N7O4. The van der Waals surface area contributed by atoms with Crippen molar-refractivity contribution in [1.82, 2.24) is 20.9 Å². The zero-order chi connectivity index (χ0) is 28.3. The van der Waals surface area contributed by atoms with E-state index in [2.05, 4.69) is 26.0 Å². The summed E-state index contributed by atoms with van der Waals surface area (Å²) < 4.78 is 0. The zero-order valence-corrected chi connectivity index (χ0v) is 21.7. The first-order valence-corrected chi connectivity index (χ1v) is 12.9. The molecule has 1 aromatic heterocycles. The van der Waals surface area contributed by atoms with Crippen LogP contribution in [0.1, 0.15) is 35.4 Å². The van der Waals surface area contributed by atoms with Crippen LogP contribution in [0, 0.1) is 10.1 Å². The van der Waals surface area contributed by atoms with Crippen molar-refractivity contribution >= 4 is 28.7 Å². The summed E-state index contributed by atoms with van der Waals surface area (Å²) in [5, 5.41) is 22.2. The summed E-state index contributed by atoms with van der Waals surface area (Å²) in [4.78, 5) is 40.7. The van der Waals surface area contributed by atoms with Gasteiger partial charge in [-0.25, -0.2) is 10.1 Å². The molecule has 0 aliphatic carbocycles. The number of H-pyrrole nitrogens is 1. The number of benzene rings is 3. The van der Waals surface area contributed by atoms with Gasteiger partial charge in [-0.05, 0) is 53.1 Å². The van der Waals surface area contributed by atoms with Crippen LogP contribution in [0.25, 0.3) is 10.9 Å². The fourth-order valence-electron chi connectivity index (χ4n) is 4.48. The van der Waals surface area contributed by atoms with Crippen molar-refractivity contribution in [2.45, 2.75) is 31.3 Å². The number of hydrogen-bond acceptors (Lipinski definition) is 4. The van der Waals surface area contributed by atoms with Crippen molar-refractivity contribution in [3.05, 3.63) is 118 Å². The van der Waals surface area contributed by atoms with E-state index < -0.39 is 17.0 Å². The fraction of sp³-hybridized carbons (Fsp3) is 0.207. The molecule has 1 atom stereocenters. The van der Waals surface area contributed by atoms with E-state index in [1.54, 1.807) is 0 Å². The van der Waals surface area contributed by atoms with Crippen LogP contribution in [0.2, 0.25) is 0 Å². The SMILES string of the molecule is NC(=N[N+](=O)[O-])NCCC[C@H](NC(=O)C(c1ccccc1)c1ccccc1)C(=O)NCc1ccc2[nH]ccc2c1. The van der Waals surface area contributed by atoms with Crippen LogP contribution in [0.15, 0.2) is 96.2 Å². The van der Waals surface area contributed by atoms with Gasteiger partial charge >= 0.3 is 0 Å². The van der Waals surface area contributed by atoms with Gasteiger partial charge in [-0.1, -0.05) is 66.7 Å². The average molecular weight is 542 g/mol. The van der Waals surface area contributed by atoms with Crippen LogP contribution < -0.4 is 21.7 Å². The number of aromatic nitrogens is 1. The maximum absolute atomic E-state index is 13.7. The zero-order valence-electron chi connectivity index (χ0n) is 21.7. The molecule has 0 radical (unpaired) electrons. The Bertz CT molecular complexity index is 1430. The van der Waals surface area contributed by atoms with Gasteiger partial charge in [-0.15, -0.1) is 0 Å². The molecule has 6 N–H and O–H groups in total. The van der Waals surface area contributed by atoms with E-state index in [-0.39, 0.29) is 37.3 Å². The lowest BCUT2D eigenvalue weighted by molar-refractivity contribution is -0.485. The highest BCUT2D eigenvalue weighted by Gasteiger charge is 2.27. The number of nitro groups is 1. The molecule has 3 aromatic carbocycles. The van der Waals surface area contributed by atoms with E-state index in [4.69, 9.17) is 5.73 Å². The van der Waals surface area contributed by atoms with Gasteiger partial charge in [-0.2, -0.15) is 0 Å². The highest BCUT2D eigenvalue weighted by Crippen LogP contribution is 2.25. The number of carbonyl (C=O) groups is 2. The molecule has 0 bridgehead atoms. The first kappa shape index (κ1) is 27.8. The number of fused-ring (bicyclic) bond motifs is 1. The number of carbonyl (C=O) groups excluding carboxylic acids is 2. The number of nitrogens with one attached hydrogen (secondary N) is 4. The van der Waals surface area contributed by atoms with Crippen molar-refractivity contribution in [3.63, 3.8) is 0 Å². The maximum Gasteiger partial charge on any atom is 0.266 e. The number of aromatic amines is 1. The molecule has 1 heterocycles. The van der Waals surface area contributed by atoms with E-state index in [0.29, 0.717) is 6.42 Å². The number of rotatable bonds is 12. The van der Waals surface area contributed by atoms with Crippen molar-refractivity contribution in [3.8, 4) is 0 Å². The highest BCUT2D eigenvalue weighted by atomic mass is 16.7. The van der Waals surface area contributed by atoms with Gasteiger partial charge < -0.3 is 26.7 Å². The molecule has 11 heteroatoms. The molecule has 40 heavy (non-hydrogen) atoms. The van der Waals surface area contributed by atoms with Crippen LogP contribution >= 0.6 is 0 Å². The van der Waals surface area contributed by atoms with E-state index in [9.17, 15) is 19.7 Å². The summed E-state index contributed by atoms with van der Waals surface area (Å²) >= 11 is 0. The molecule has 206 valence electrons. The summed E-state index contributed by atoms with van der Waals surface area (Å²) in [6, 6.07) is 25.7. The predicted octanol–water partition coefficient (Wildman–Crippen LogP) is 2.98. The number of guanidine groups is 1. The van der Waals surface area contributed by atoms with Gasteiger partial charge in [0.25, 0.3) is 5.96 Å². The first-order valence-electron chi connectivity index (χ1n) is 12.9. The minimum atomic E-state index is -0.892. The normalized spacial score (nSPS) is 12.2. The molecule has 0 aliphatic rings. The molecule has 0 unspecified atom stereocenters. The Labute approximate surface area is 231 Å². The van der Waals surface area contributed by atoms with Crippen LogP contribution in [-0.4, -0.2) is 40.4 Å². The van der Waals surface area contributed by atoms with Gasteiger partial charge in [0.2, 0.25) is 11.8 Å². The van der Waals surface area contributed by atoms with Crippen LogP contribution in [0.3, 0.4) is 0 Å². The van der Waals surface area contributed by atoms with Gasteiger partial charge in [0.15, 0.2) is 5.03 Å². The molecular weight excluding hydrogens is 510 g/mol. The second kappa shape index (κ2) is 13.6. The van der Waals surface area contributed by atoms with Gasteiger partial charge in [0.05, 0.1) is 5.92 Å². The third-order valence-electron chi connectivity index (χ3n) is 6.41. The Morgan fingerprint density at radius 2 is 1.60 bits per heavy atom. The van der Waals surface area contributed by atoms with E-state index in [1.165, 1.54) is 0 Å². The van der Waals surface area contributed by atoms with Gasteiger partial charge in [0, 0.05) is 24.8 Å². The lowest BCUT2D eigenvalue weighted by Crippen LogP contribution is -2.48. The molecule has 0 saturated heterocycles. The summed E-state index contributed by atoms with van der Waals surface area (Å²) in [6.45, 7) is 0.515. The smallest absolute Gasteiger partial charge is 0.266 e. The third-order valence-corrected chi connectivity index (χ3v) is 6.41. The van der Waals surface area contributed by atoms with E-state index in [1.807, 2.05) is 91.1 Å². The molecule has 11 nitrogen and oxygen atoms in total. The lowest BCUT2D eigenvalue weighted by atomic mass is 9.90. The molecule has 4 aromatic rings. The second-order valence-electron chi connectivity index (χ2n) is 9.22. The first-order chi connectivity index (χ1) is 19.4. The fourth-order valence-corrected chi connectivity index (χ4v) is 4.48. The second-order valence-corrected chi connectivity index (χ2v) is 9.22. The molecule has 4 rings (SSSR count). The lowest BCUT2D eigenvalue weighted by Gasteiger charge is -2.23. The number of nitrogens with zero attached hydrogens (tertiary/aromatic N) is 2. The Kier molecular flexibility index (Phi) is 9.44. The van der Waals surface area contributed by atoms with E-state index in [0.717, 1.165) is 27.6 Å². The van der Waals surface area contributed by atoms with Crippen molar-refractivity contribution in [2.75, 3.05) is 6.54 Å². The van der Waals surface area contributed by atoms with Crippen molar-refractivity contribution in [1.29, 1.82) is 0 Å². The summed E-state index contributed by atoms with van der Waals surface area (Å²) in [7, 11) is 0. The van der Waals surface area contributed by atoms with Gasteiger partial charge in [0.1, 0.15) is 11.1 Å². The third kappa shape index (κ3) is 7.67. The average Bonchev–Trinajstić information content (AvgIpc) is 3.42. The molecule has 0 spiro atoms. The number of amides is 2. The number of nitrogens with two attached hydrogens (primary N) is 1. The van der Waals surface area contributed by atoms with E-state index >= 15 is 0 Å². The van der Waals surface area contributed by atoms with Crippen molar-refractivity contribution in [2.24, 2.45) is 10.8 Å². The maximum atomic E-state index is 13.7. The van der Waals surface area contributed by atoms with Crippen LogP contribution in [-0.2, 0) is 16.1 Å². The standard InChI is InChI=1S/C29H31N7O4/c30-29(35-36(39)40)32-16-7-12-25(27(37)33-19-20-13-14-24-23(18-20)15-17-31-24)34-28(38)26(21-8-3-1-4-9-21)22-10-5-2-6-11-22/h1-6,8-11,13-15,17-18,25-26,31H,7,12,16,19H2,(H,33,37)(H,34,38)(H3,30,32,35)/t25-/m0/s1. The number of hydrogen-bond donors (Lipinski definition) is 5. The summed E-state index contributed by atoms with van der Waals surface area (Å²) in [5.74, 6) is -1.60. The molecule has 0 aliphatic heterocycles. The van der Waals surface area contributed by atoms with Crippen LogP contribution in [0.5, 0.6) is 0 Å². The largest absolute Gasteiger partial charge is 0.365 e. The topological polar surface area (TPSA) is 168 Å². The monoisotopic (exact) mass is 541 g/mol. The predicted molar refractivity (Wildman–Crippen MR) is 153 cm³/mol. The summed E-state index contributed by atoms with van der Waals surface area (Å²) in [5.41, 5.74) is 9.01. The van der Waals surface area contributed by atoms with Crippen molar-refractivity contribution < 1.29 is 14.6 Å². The number of hydrazone groups is 1. The Morgan fingerprint density at radius 3 is 2.25 bits per heavy atom. The minimum absolute atomic E-state index is 0.230. The Hall–Kier alpha value is -5.19. The minimum Gasteiger partial charge on any atom is -0.365 e. The molecule has 0 fully saturated rings. The quantitative estimate of drug-likeness (QED) is 0.0607. The van der Waals surface area contributed by atoms with Crippen LogP contribution in [0.4, 0.5) is 0 Å². The van der Waals surface area contributed by atoms with Gasteiger partial charge in [-0.3, -0.25) is 9.59 Å². The molecule has 0 saturated carbocycles. The Morgan fingerprint density at radius 1 is 0.925 bits per heavy atom. The highest BCUT2D eigenvalue weighted by molar-refractivity contribution is 5.92.